The van der Waals surface area contributed by atoms with Gasteiger partial charge in [0, 0.05) is 23.7 Å². The van der Waals surface area contributed by atoms with E-state index >= 15 is 0 Å². The van der Waals surface area contributed by atoms with Gasteiger partial charge in [-0.3, -0.25) is 14.4 Å². The lowest BCUT2D eigenvalue weighted by Gasteiger charge is -2.14. The molecule has 3 rings (SSSR count). The molecular weight excluding hydrogens is 363 g/mol. The van der Waals surface area contributed by atoms with Gasteiger partial charge in [-0.1, -0.05) is 25.1 Å². The molecule has 0 heterocycles. The molecule has 1 fully saturated rings. The summed E-state index contributed by atoms with van der Waals surface area (Å²) in [4.78, 5) is 36.0. The van der Waals surface area contributed by atoms with Crippen molar-refractivity contribution in [1.82, 2.24) is 5.32 Å². The van der Waals surface area contributed by atoms with E-state index in [1.54, 1.807) is 24.3 Å². The topological polar surface area (TPSA) is 95.5 Å². The molecule has 0 bridgehead atoms. The van der Waals surface area contributed by atoms with Gasteiger partial charge in [-0.15, -0.1) is 0 Å². The van der Waals surface area contributed by atoms with Gasteiger partial charge in [0.1, 0.15) is 5.82 Å². The van der Waals surface area contributed by atoms with E-state index in [4.69, 9.17) is 0 Å². The highest BCUT2D eigenvalue weighted by Crippen LogP contribution is 2.38. The van der Waals surface area contributed by atoms with Crippen LogP contribution in [0.2, 0.25) is 0 Å². The highest BCUT2D eigenvalue weighted by atomic mass is 19.1. The van der Waals surface area contributed by atoms with Crippen molar-refractivity contribution in [3.05, 3.63) is 65.5 Å². The zero-order chi connectivity index (χ0) is 20.3. The molecule has 0 radical (unpaired) electrons. The zero-order valence-corrected chi connectivity index (χ0v) is 15.3. The predicted octanol–water partition coefficient (Wildman–Crippen LogP) is 3.02. The molecule has 6 nitrogen and oxygen atoms in total. The minimum absolute atomic E-state index is 0.0181. The fourth-order valence-corrected chi connectivity index (χ4v) is 3.00. The monoisotopic (exact) mass is 384 g/mol. The SMILES string of the molecule is CC1CC1C(=O)Nc1cccc(C(=O)NCC(C(=O)O)c2ccc(F)cc2)c1. The lowest BCUT2D eigenvalue weighted by Crippen LogP contribution is -2.31. The summed E-state index contributed by atoms with van der Waals surface area (Å²) >= 11 is 0. The highest BCUT2D eigenvalue weighted by Gasteiger charge is 2.39. The van der Waals surface area contributed by atoms with Gasteiger partial charge >= 0.3 is 5.97 Å². The Kier molecular flexibility index (Phi) is 5.73. The van der Waals surface area contributed by atoms with E-state index in [0.717, 1.165) is 6.42 Å². The van der Waals surface area contributed by atoms with Crippen molar-refractivity contribution in [2.24, 2.45) is 11.8 Å². The molecular formula is C21H21FN2O4. The van der Waals surface area contributed by atoms with Crippen LogP contribution < -0.4 is 10.6 Å². The van der Waals surface area contributed by atoms with Crippen LogP contribution in [0.5, 0.6) is 0 Å². The normalized spacial score (nSPS) is 18.8. The Morgan fingerprint density at radius 1 is 1.18 bits per heavy atom. The van der Waals surface area contributed by atoms with Gasteiger partial charge in [-0.05, 0) is 48.2 Å². The molecule has 0 aromatic heterocycles. The quantitative estimate of drug-likeness (QED) is 0.684. The molecule has 1 saturated carbocycles. The molecule has 0 aliphatic heterocycles. The molecule has 146 valence electrons. The van der Waals surface area contributed by atoms with Gasteiger partial charge in [-0.25, -0.2) is 4.39 Å². The number of rotatable bonds is 7. The van der Waals surface area contributed by atoms with Crippen LogP contribution in [0.3, 0.4) is 0 Å². The van der Waals surface area contributed by atoms with Gasteiger partial charge in [0.05, 0.1) is 5.92 Å². The summed E-state index contributed by atoms with van der Waals surface area (Å²) in [7, 11) is 0. The Bertz CT molecular complexity index is 898. The average Bonchev–Trinajstić information content (AvgIpc) is 3.40. The Morgan fingerprint density at radius 3 is 2.46 bits per heavy atom. The van der Waals surface area contributed by atoms with Crippen molar-refractivity contribution in [1.29, 1.82) is 0 Å². The summed E-state index contributed by atoms with van der Waals surface area (Å²) in [5.41, 5.74) is 1.23. The highest BCUT2D eigenvalue weighted by molar-refractivity contribution is 5.98. The lowest BCUT2D eigenvalue weighted by molar-refractivity contribution is -0.138. The van der Waals surface area contributed by atoms with Crippen LogP contribution in [0, 0.1) is 17.7 Å². The summed E-state index contributed by atoms with van der Waals surface area (Å²) in [5, 5.41) is 14.8. The first-order valence-corrected chi connectivity index (χ1v) is 9.02. The third kappa shape index (κ3) is 4.73. The van der Waals surface area contributed by atoms with Crippen molar-refractivity contribution in [2.75, 3.05) is 11.9 Å². The average molecular weight is 384 g/mol. The molecule has 28 heavy (non-hydrogen) atoms. The maximum atomic E-state index is 13.0. The van der Waals surface area contributed by atoms with E-state index in [1.807, 2.05) is 6.92 Å². The van der Waals surface area contributed by atoms with Crippen LogP contribution in [0.25, 0.3) is 0 Å². The number of carboxylic acids is 1. The minimum Gasteiger partial charge on any atom is -0.481 e. The van der Waals surface area contributed by atoms with Crippen LogP contribution in [0.15, 0.2) is 48.5 Å². The van der Waals surface area contributed by atoms with E-state index in [1.165, 1.54) is 24.3 Å². The number of benzene rings is 2. The number of carbonyl (C=O) groups excluding carboxylic acids is 2. The number of aliphatic carboxylic acids is 1. The van der Waals surface area contributed by atoms with E-state index in [-0.39, 0.29) is 18.4 Å². The first kappa shape index (κ1) is 19.5. The van der Waals surface area contributed by atoms with Crippen molar-refractivity contribution < 1.29 is 23.9 Å². The van der Waals surface area contributed by atoms with Crippen LogP contribution in [0.1, 0.15) is 35.2 Å². The predicted molar refractivity (Wildman–Crippen MR) is 101 cm³/mol. The molecule has 1 aliphatic rings. The summed E-state index contributed by atoms with van der Waals surface area (Å²) in [6, 6.07) is 11.6. The smallest absolute Gasteiger partial charge is 0.312 e. The Balaban J connectivity index is 1.63. The largest absolute Gasteiger partial charge is 0.481 e. The van der Waals surface area contributed by atoms with Gasteiger partial charge < -0.3 is 15.7 Å². The number of hydrogen-bond acceptors (Lipinski definition) is 3. The molecule has 3 unspecified atom stereocenters. The summed E-state index contributed by atoms with van der Waals surface area (Å²) < 4.78 is 13.0. The molecule has 1 aliphatic carbocycles. The fraction of sp³-hybridized carbons (Fsp3) is 0.286. The second-order valence-corrected chi connectivity index (χ2v) is 7.04. The number of hydrogen-bond donors (Lipinski definition) is 3. The zero-order valence-electron chi connectivity index (χ0n) is 15.3. The lowest BCUT2D eigenvalue weighted by atomic mass is 9.99. The molecule has 0 saturated heterocycles. The van der Waals surface area contributed by atoms with Gasteiger partial charge in [0.15, 0.2) is 0 Å². The van der Waals surface area contributed by atoms with Gasteiger partial charge in [-0.2, -0.15) is 0 Å². The molecule has 2 aromatic rings. The molecule has 3 N–H and O–H groups in total. The summed E-state index contributed by atoms with van der Waals surface area (Å²) in [6.45, 7) is 1.87. The fourth-order valence-electron chi connectivity index (χ4n) is 3.00. The second kappa shape index (κ2) is 8.21. The third-order valence-electron chi connectivity index (χ3n) is 4.88. The van der Waals surface area contributed by atoms with E-state index in [0.29, 0.717) is 22.7 Å². The maximum absolute atomic E-state index is 13.0. The minimum atomic E-state index is -1.12. The maximum Gasteiger partial charge on any atom is 0.312 e. The van der Waals surface area contributed by atoms with Crippen LogP contribution in [0.4, 0.5) is 10.1 Å². The van der Waals surface area contributed by atoms with Crippen LogP contribution in [-0.2, 0) is 9.59 Å². The number of carboxylic acid groups (broad SMARTS) is 1. The number of nitrogens with one attached hydrogen (secondary N) is 2. The first-order chi connectivity index (χ1) is 13.3. The van der Waals surface area contributed by atoms with E-state index < -0.39 is 23.6 Å². The molecule has 0 spiro atoms. The van der Waals surface area contributed by atoms with Crippen molar-refractivity contribution in [2.45, 2.75) is 19.3 Å². The summed E-state index contributed by atoms with van der Waals surface area (Å²) in [5.74, 6) is -2.70. The molecule has 3 atom stereocenters. The Labute approximate surface area is 161 Å². The molecule has 7 heteroatoms. The third-order valence-corrected chi connectivity index (χ3v) is 4.88. The van der Waals surface area contributed by atoms with Crippen LogP contribution in [-0.4, -0.2) is 29.4 Å². The van der Waals surface area contributed by atoms with Gasteiger partial charge in [0.25, 0.3) is 5.91 Å². The first-order valence-electron chi connectivity index (χ1n) is 9.02. The van der Waals surface area contributed by atoms with Crippen molar-refractivity contribution >= 4 is 23.5 Å². The standard InChI is InChI=1S/C21H21FN2O4/c1-12-9-17(12)20(26)24-16-4-2-3-14(10-16)19(25)23-11-18(21(27)28)13-5-7-15(22)8-6-13/h2-8,10,12,17-18H,9,11H2,1H3,(H,23,25)(H,24,26)(H,27,28). The molecule has 2 amide bonds. The van der Waals surface area contributed by atoms with Crippen molar-refractivity contribution in [3.8, 4) is 0 Å². The Morgan fingerprint density at radius 2 is 1.86 bits per heavy atom. The number of anilines is 1. The Hall–Kier alpha value is -3.22. The van der Waals surface area contributed by atoms with E-state index in [2.05, 4.69) is 10.6 Å². The van der Waals surface area contributed by atoms with Crippen LogP contribution >= 0.6 is 0 Å². The second-order valence-electron chi connectivity index (χ2n) is 7.04. The number of amides is 2. The number of halogens is 1. The van der Waals surface area contributed by atoms with Crippen molar-refractivity contribution in [3.63, 3.8) is 0 Å². The molecule has 2 aromatic carbocycles. The van der Waals surface area contributed by atoms with E-state index in [9.17, 15) is 23.9 Å². The van der Waals surface area contributed by atoms with Gasteiger partial charge in [0.2, 0.25) is 5.91 Å². The summed E-state index contributed by atoms with van der Waals surface area (Å²) in [6.07, 6.45) is 0.867. The number of carbonyl (C=O) groups is 3.